The van der Waals surface area contributed by atoms with E-state index in [0.29, 0.717) is 36.9 Å². The molecule has 2 atom stereocenters. The van der Waals surface area contributed by atoms with Crippen LogP contribution in [0.15, 0.2) is 29.6 Å². The van der Waals surface area contributed by atoms with E-state index >= 15 is 0 Å². The van der Waals surface area contributed by atoms with Gasteiger partial charge in [0.1, 0.15) is 0 Å². The third-order valence-electron chi connectivity index (χ3n) is 5.35. The molecule has 0 fully saturated rings. The Hall–Kier alpha value is -2.30. The highest BCUT2D eigenvalue weighted by atomic mass is 16.1. The van der Waals surface area contributed by atoms with E-state index in [1.165, 1.54) is 0 Å². The second-order valence-corrected chi connectivity index (χ2v) is 7.82. The lowest BCUT2D eigenvalue weighted by Gasteiger charge is -2.20. The van der Waals surface area contributed by atoms with Crippen molar-refractivity contribution in [3.8, 4) is 0 Å². The number of aryl methyl sites for hydroxylation is 1. The van der Waals surface area contributed by atoms with Crippen LogP contribution in [0.5, 0.6) is 0 Å². The lowest BCUT2D eigenvalue weighted by atomic mass is 9.87. The normalized spacial score (nSPS) is 17.9. The number of Topliss-reactive ketones (excluding diaryl/α,β-unsaturated/α-hetero) is 1. The Balaban J connectivity index is 0.00000204. The van der Waals surface area contributed by atoms with Gasteiger partial charge in [-0.3, -0.25) is 9.59 Å². The summed E-state index contributed by atoms with van der Waals surface area (Å²) < 4.78 is 2.16. The van der Waals surface area contributed by atoms with Crippen LogP contribution in [0.1, 0.15) is 82.4 Å². The van der Waals surface area contributed by atoms with Gasteiger partial charge in [-0.25, -0.2) is 0 Å². The third kappa shape index (κ3) is 6.62. The van der Waals surface area contributed by atoms with Crippen LogP contribution in [0.2, 0.25) is 0 Å². The molecule has 162 valence electrons. The number of nitrogens with two attached hydrogens (primary N) is 1. The van der Waals surface area contributed by atoms with Gasteiger partial charge in [-0.2, -0.15) is 0 Å². The van der Waals surface area contributed by atoms with Crippen LogP contribution in [-0.2, 0) is 17.8 Å². The molecule has 1 heterocycles. The minimum Gasteiger partial charge on any atom is -0.386 e. The fraction of sp³-hybridized carbons (Fsp3) is 0.583. The maximum atomic E-state index is 12.3. The Labute approximate surface area is 176 Å². The molecule has 1 aromatic heterocycles. The molecule has 0 radical (unpaired) electrons. The number of allylic oxidation sites excluding steroid dienone is 3. The molecule has 2 rings (SSSR count). The van der Waals surface area contributed by atoms with Crippen LogP contribution in [-0.4, -0.2) is 22.3 Å². The third-order valence-corrected chi connectivity index (χ3v) is 5.35. The summed E-state index contributed by atoms with van der Waals surface area (Å²) in [4.78, 5) is 24.1. The van der Waals surface area contributed by atoms with Crippen LogP contribution >= 0.6 is 0 Å². The van der Waals surface area contributed by atoms with E-state index < -0.39 is 0 Å². The standard InChI is InChI=1S/C22H33N3O2.C2H6/c1-6-16(4)24-17(5)18(22(23)27)9-7-8-10-25-13-15(3)21-19(25)11-14(2)12-20(21)26;1-2/h7-8,13-14,16,24H,6,9-12H2,1-5H3,(H2,23,27);1-2H3/b8-7-,18-17-;. The van der Waals surface area contributed by atoms with E-state index in [4.69, 9.17) is 5.73 Å². The summed E-state index contributed by atoms with van der Waals surface area (Å²) in [5, 5.41) is 3.33. The number of fused-ring (bicyclic) bond motifs is 1. The monoisotopic (exact) mass is 401 g/mol. The van der Waals surface area contributed by atoms with Crippen LogP contribution < -0.4 is 11.1 Å². The molecule has 29 heavy (non-hydrogen) atoms. The summed E-state index contributed by atoms with van der Waals surface area (Å²) in [6.45, 7) is 14.9. The molecule has 2 unspecified atom stereocenters. The first kappa shape index (κ1) is 24.7. The van der Waals surface area contributed by atoms with Crippen molar-refractivity contribution >= 4 is 11.7 Å². The highest BCUT2D eigenvalue weighted by molar-refractivity contribution is 5.99. The highest BCUT2D eigenvalue weighted by Gasteiger charge is 2.27. The van der Waals surface area contributed by atoms with E-state index in [1.807, 2.05) is 39.8 Å². The highest BCUT2D eigenvalue weighted by Crippen LogP contribution is 2.29. The van der Waals surface area contributed by atoms with Crippen LogP contribution in [0.3, 0.4) is 0 Å². The number of rotatable bonds is 8. The molecule has 1 aliphatic carbocycles. The number of hydrogen-bond donors (Lipinski definition) is 2. The largest absolute Gasteiger partial charge is 0.386 e. The Morgan fingerprint density at radius 1 is 1.34 bits per heavy atom. The first-order valence-electron chi connectivity index (χ1n) is 10.9. The molecule has 0 aromatic carbocycles. The molecule has 1 aliphatic rings. The quantitative estimate of drug-likeness (QED) is 0.490. The topological polar surface area (TPSA) is 77.1 Å². The zero-order chi connectivity index (χ0) is 22.1. The fourth-order valence-corrected chi connectivity index (χ4v) is 3.72. The fourth-order valence-electron chi connectivity index (χ4n) is 3.72. The molecule has 5 heteroatoms. The van der Waals surface area contributed by atoms with Crippen LogP contribution in [0.25, 0.3) is 0 Å². The van der Waals surface area contributed by atoms with Gasteiger partial charge in [-0.15, -0.1) is 0 Å². The van der Waals surface area contributed by atoms with Gasteiger partial charge in [-0.05, 0) is 51.5 Å². The number of aromatic nitrogens is 1. The summed E-state index contributed by atoms with van der Waals surface area (Å²) in [7, 11) is 0. The molecular weight excluding hydrogens is 362 g/mol. The van der Waals surface area contributed by atoms with E-state index in [2.05, 4.69) is 36.9 Å². The maximum absolute atomic E-state index is 12.3. The van der Waals surface area contributed by atoms with Gasteiger partial charge in [0.05, 0.1) is 0 Å². The van der Waals surface area contributed by atoms with E-state index in [1.54, 1.807) is 0 Å². The van der Waals surface area contributed by atoms with Crippen molar-refractivity contribution in [1.29, 1.82) is 0 Å². The van der Waals surface area contributed by atoms with Gasteiger partial charge in [-0.1, -0.05) is 39.8 Å². The summed E-state index contributed by atoms with van der Waals surface area (Å²) >= 11 is 0. The van der Waals surface area contributed by atoms with Gasteiger partial charge in [0, 0.05) is 47.7 Å². The van der Waals surface area contributed by atoms with Crippen LogP contribution in [0.4, 0.5) is 0 Å². The molecule has 0 saturated carbocycles. The van der Waals surface area contributed by atoms with E-state index in [0.717, 1.165) is 35.4 Å². The Morgan fingerprint density at radius 2 is 2.00 bits per heavy atom. The van der Waals surface area contributed by atoms with Gasteiger partial charge in [0.2, 0.25) is 5.91 Å². The minimum absolute atomic E-state index is 0.259. The second-order valence-electron chi connectivity index (χ2n) is 7.82. The first-order valence-corrected chi connectivity index (χ1v) is 10.9. The smallest absolute Gasteiger partial charge is 0.246 e. The number of nitrogens with one attached hydrogen (secondary N) is 1. The van der Waals surface area contributed by atoms with Crippen LogP contribution in [0, 0.1) is 12.8 Å². The van der Waals surface area contributed by atoms with Crippen molar-refractivity contribution < 1.29 is 9.59 Å². The molecule has 1 aromatic rings. The number of carbonyl (C=O) groups excluding carboxylic acids is 2. The molecule has 0 bridgehead atoms. The van der Waals surface area contributed by atoms with Gasteiger partial charge in [0.25, 0.3) is 0 Å². The molecular formula is C24H39N3O2. The Kier molecular flexibility index (Phi) is 9.93. The lowest BCUT2D eigenvalue weighted by Crippen LogP contribution is -2.27. The molecule has 3 N–H and O–H groups in total. The van der Waals surface area contributed by atoms with Gasteiger partial charge < -0.3 is 15.6 Å². The van der Waals surface area contributed by atoms with E-state index in [-0.39, 0.29) is 11.7 Å². The number of nitrogens with zero attached hydrogens (tertiary/aromatic N) is 1. The zero-order valence-corrected chi connectivity index (χ0v) is 19.3. The average Bonchev–Trinajstić information content (AvgIpc) is 2.98. The molecule has 0 spiro atoms. The molecule has 0 aliphatic heterocycles. The summed E-state index contributed by atoms with van der Waals surface area (Å²) in [5.74, 6) is 0.261. The van der Waals surface area contributed by atoms with E-state index in [9.17, 15) is 9.59 Å². The summed E-state index contributed by atoms with van der Waals surface area (Å²) in [6, 6.07) is 0.303. The molecule has 0 saturated heterocycles. The second kappa shape index (κ2) is 11.6. The maximum Gasteiger partial charge on any atom is 0.246 e. The van der Waals surface area contributed by atoms with Crippen molar-refractivity contribution in [1.82, 2.24) is 9.88 Å². The lowest BCUT2D eigenvalue weighted by molar-refractivity contribution is -0.114. The van der Waals surface area contributed by atoms with Gasteiger partial charge >= 0.3 is 0 Å². The number of amides is 1. The van der Waals surface area contributed by atoms with Crippen molar-refractivity contribution in [3.05, 3.63) is 46.4 Å². The predicted octanol–water partition coefficient (Wildman–Crippen LogP) is 4.68. The number of hydrogen-bond acceptors (Lipinski definition) is 3. The van der Waals surface area contributed by atoms with Crippen molar-refractivity contribution in [3.63, 3.8) is 0 Å². The average molecular weight is 402 g/mol. The summed E-state index contributed by atoms with van der Waals surface area (Å²) in [5.41, 5.74) is 10.1. The van der Waals surface area contributed by atoms with Gasteiger partial charge in [0.15, 0.2) is 5.78 Å². The Morgan fingerprint density at radius 3 is 2.59 bits per heavy atom. The SMILES string of the molecule is CC.CCC(C)N/C(C)=C(/C/C=C\Cn1cc(C)c2c1CC(C)CC2=O)C(N)=O. The molecule has 1 amide bonds. The van der Waals surface area contributed by atoms with Crippen molar-refractivity contribution in [2.75, 3.05) is 0 Å². The summed E-state index contributed by atoms with van der Waals surface area (Å²) in [6.07, 6.45) is 9.15. The number of carbonyl (C=O) groups is 2. The van der Waals surface area contributed by atoms with Crippen molar-refractivity contribution in [2.45, 2.75) is 86.7 Å². The van der Waals surface area contributed by atoms with Crippen molar-refractivity contribution in [2.24, 2.45) is 11.7 Å². The number of primary amides is 1. The Bertz CT molecular complexity index is 771. The zero-order valence-electron chi connectivity index (χ0n) is 19.3. The molecule has 5 nitrogen and oxygen atoms in total. The predicted molar refractivity (Wildman–Crippen MR) is 121 cm³/mol. The first-order chi connectivity index (χ1) is 13.7. The minimum atomic E-state index is -0.387. The number of ketones is 1.